The van der Waals surface area contributed by atoms with E-state index in [0.29, 0.717) is 6.20 Å². The molecule has 2 aromatic rings. The minimum absolute atomic E-state index is 0.290. The van der Waals surface area contributed by atoms with Crippen molar-refractivity contribution >= 4 is 11.5 Å². The molecule has 1 aromatic heterocycles. The van der Waals surface area contributed by atoms with Crippen LogP contribution >= 0.6 is 0 Å². The fraction of sp³-hybridized carbons (Fsp3) is 0.0909. The van der Waals surface area contributed by atoms with Crippen LogP contribution in [0.25, 0.3) is 0 Å². The first-order valence-electron chi connectivity index (χ1n) is 5.11. The molecule has 0 aliphatic carbocycles. The molecule has 0 amide bonds. The summed E-state index contributed by atoms with van der Waals surface area (Å²) < 4.78 is 42.1. The van der Waals surface area contributed by atoms with E-state index in [2.05, 4.69) is 9.68 Å². The van der Waals surface area contributed by atoms with E-state index >= 15 is 0 Å². The third kappa shape index (κ3) is 2.51. The lowest BCUT2D eigenvalue weighted by Gasteiger charge is -2.04. The summed E-state index contributed by atoms with van der Waals surface area (Å²) in [5.41, 5.74) is -2.03. The SMILES string of the molecule is O=C(c1cccc([N+](=O)[O-])c1)c1oncc1C(F)(F)F. The molecule has 0 unspecified atom stereocenters. The van der Waals surface area contributed by atoms with Crippen LogP contribution in [0.2, 0.25) is 0 Å². The molecule has 2 rings (SSSR count). The molecule has 20 heavy (non-hydrogen) atoms. The van der Waals surface area contributed by atoms with E-state index in [4.69, 9.17) is 0 Å². The maximum Gasteiger partial charge on any atom is 0.421 e. The monoisotopic (exact) mass is 286 g/mol. The van der Waals surface area contributed by atoms with Gasteiger partial charge in [-0.05, 0) is 0 Å². The molecular formula is C11H5F3N2O4. The number of alkyl halides is 3. The van der Waals surface area contributed by atoms with E-state index in [-0.39, 0.29) is 5.56 Å². The van der Waals surface area contributed by atoms with Crippen molar-refractivity contribution in [3.8, 4) is 0 Å². The van der Waals surface area contributed by atoms with Gasteiger partial charge in [-0.1, -0.05) is 17.3 Å². The summed E-state index contributed by atoms with van der Waals surface area (Å²) in [7, 11) is 0. The van der Waals surface area contributed by atoms with Crippen molar-refractivity contribution in [2.45, 2.75) is 6.18 Å². The van der Waals surface area contributed by atoms with Gasteiger partial charge >= 0.3 is 6.18 Å². The van der Waals surface area contributed by atoms with Crippen LogP contribution in [0, 0.1) is 10.1 Å². The number of carbonyl (C=O) groups is 1. The second-order valence-corrected chi connectivity index (χ2v) is 3.70. The largest absolute Gasteiger partial charge is 0.421 e. The Hall–Kier alpha value is -2.71. The first-order valence-corrected chi connectivity index (χ1v) is 5.11. The fourth-order valence-corrected chi connectivity index (χ4v) is 1.50. The summed E-state index contributed by atoms with van der Waals surface area (Å²) in [4.78, 5) is 21.7. The fourth-order valence-electron chi connectivity index (χ4n) is 1.50. The number of hydrogen-bond donors (Lipinski definition) is 0. The highest BCUT2D eigenvalue weighted by Gasteiger charge is 2.39. The average molecular weight is 286 g/mol. The van der Waals surface area contributed by atoms with Gasteiger partial charge in [0.25, 0.3) is 5.69 Å². The van der Waals surface area contributed by atoms with E-state index in [1.165, 1.54) is 6.07 Å². The molecule has 0 radical (unpaired) electrons. The van der Waals surface area contributed by atoms with E-state index in [1.54, 1.807) is 0 Å². The number of hydrogen-bond acceptors (Lipinski definition) is 5. The molecule has 0 spiro atoms. The van der Waals surface area contributed by atoms with Crippen molar-refractivity contribution in [3.63, 3.8) is 0 Å². The lowest BCUT2D eigenvalue weighted by atomic mass is 10.1. The van der Waals surface area contributed by atoms with Crippen LogP contribution in [0.5, 0.6) is 0 Å². The normalized spacial score (nSPS) is 11.3. The third-order valence-electron chi connectivity index (χ3n) is 2.40. The van der Waals surface area contributed by atoms with Gasteiger partial charge in [-0.15, -0.1) is 0 Å². The number of nitro groups is 1. The molecule has 1 heterocycles. The number of halogens is 3. The summed E-state index contributed by atoms with van der Waals surface area (Å²) in [6.45, 7) is 0. The molecule has 0 saturated carbocycles. The van der Waals surface area contributed by atoms with Crippen LogP contribution < -0.4 is 0 Å². The maximum atomic E-state index is 12.6. The molecule has 1 aromatic carbocycles. The van der Waals surface area contributed by atoms with Gasteiger partial charge < -0.3 is 4.52 Å². The highest BCUT2D eigenvalue weighted by atomic mass is 19.4. The van der Waals surface area contributed by atoms with Crippen LogP contribution in [0.1, 0.15) is 21.7 Å². The Labute approximate surface area is 108 Å². The van der Waals surface area contributed by atoms with Crippen LogP contribution in [0.4, 0.5) is 18.9 Å². The average Bonchev–Trinajstić information content (AvgIpc) is 2.87. The predicted molar refractivity (Wildman–Crippen MR) is 58.0 cm³/mol. The number of rotatable bonds is 3. The molecule has 9 heteroatoms. The quantitative estimate of drug-likeness (QED) is 0.492. The molecule has 0 aliphatic heterocycles. The minimum atomic E-state index is -4.80. The van der Waals surface area contributed by atoms with Gasteiger partial charge in [0.05, 0.1) is 11.1 Å². The second kappa shape index (κ2) is 4.76. The van der Waals surface area contributed by atoms with Crippen molar-refractivity contribution < 1.29 is 27.4 Å². The Morgan fingerprint density at radius 2 is 2.05 bits per heavy atom. The van der Waals surface area contributed by atoms with Crippen molar-refractivity contribution in [3.05, 3.63) is 57.5 Å². The zero-order valence-electron chi connectivity index (χ0n) is 9.55. The molecular weight excluding hydrogens is 281 g/mol. The predicted octanol–water partition coefficient (Wildman–Crippen LogP) is 2.83. The third-order valence-corrected chi connectivity index (χ3v) is 2.40. The summed E-state index contributed by atoms with van der Waals surface area (Å²) in [5.74, 6) is -2.13. The van der Waals surface area contributed by atoms with Crippen molar-refractivity contribution in [1.29, 1.82) is 0 Å². The van der Waals surface area contributed by atoms with E-state index < -0.39 is 33.9 Å². The lowest BCUT2D eigenvalue weighted by molar-refractivity contribution is -0.384. The first kappa shape index (κ1) is 13.7. The molecule has 0 aliphatic rings. The number of benzene rings is 1. The van der Waals surface area contributed by atoms with Gasteiger partial charge in [0, 0.05) is 17.7 Å². The highest BCUT2D eigenvalue weighted by molar-refractivity contribution is 6.08. The zero-order chi connectivity index (χ0) is 14.9. The van der Waals surface area contributed by atoms with Crippen molar-refractivity contribution in [2.75, 3.05) is 0 Å². The Kier molecular flexibility index (Phi) is 3.26. The molecule has 0 saturated heterocycles. The van der Waals surface area contributed by atoms with Gasteiger partial charge in [0.2, 0.25) is 11.5 Å². The van der Waals surface area contributed by atoms with Gasteiger partial charge in [0.1, 0.15) is 5.56 Å². The number of carbonyl (C=O) groups excluding carboxylic acids is 1. The molecule has 104 valence electrons. The minimum Gasteiger partial charge on any atom is -0.352 e. The van der Waals surface area contributed by atoms with Gasteiger partial charge in [0.15, 0.2) is 0 Å². The van der Waals surface area contributed by atoms with Gasteiger partial charge in [-0.2, -0.15) is 13.2 Å². The van der Waals surface area contributed by atoms with E-state index in [9.17, 15) is 28.1 Å². The topological polar surface area (TPSA) is 86.2 Å². The molecule has 0 bridgehead atoms. The summed E-state index contributed by atoms with van der Waals surface area (Å²) >= 11 is 0. The van der Waals surface area contributed by atoms with E-state index in [1.807, 2.05) is 0 Å². The Morgan fingerprint density at radius 3 is 2.65 bits per heavy atom. The number of non-ortho nitro benzene ring substituents is 1. The molecule has 0 N–H and O–H groups in total. The summed E-state index contributed by atoms with van der Waals surface area (Å²) in [6, 6.07) is 4.32. The highest BCUT2D eigenvalue weighted by Crippen LogP contribution is 2.33. The van der Waals surface area contributed by atoms with Crippen LogP contribution in [0.3, 0.4) is 0 Å². The van der Waals surface area contributed by atoms with Gasteiger partial charge in [-0.3, -0.25) is 14.9 Å². The molecule has 0 atom stereocenters. The van der Waals surface area contributed by atoms with Crippen molar-refractivity contribution in [2.24, 2.45) is 0 Å². The number of nitrogens with zero attached hydrogens (tertiary/aromatic N) is 2. The first-order chi connectivity index (χ1) is 9.30. The number of ketones is 1. The number of nitro benzene ring substituents is 1. The van der Waals surface area contributed by atoms with Crippen LogP contribution in [-0.4, -0.2) is 15.9 Å². The molecule has 0 fully saturated rings. The Morgan fingerprint density at radius 1 is 1.35 bits per heavy atom. The maximum absolute atomic E-state index is 12.6. The van der Waals surface area contributed by atoms with Gasteiger partial charge in [-0.25, -0.2) is 0 Å². The van der Waals surface area contributed by atoms with Crippen molar-refractivity contribution in [1.82, 2.24) is 5.16 Å². The number of aromatic nitrogens is 1. The zero-order valence-corrected chi connectivity index (χ0v) is 9.55. The summed E-state index contributed by atoms with van der Waals surface area (Å²) in [6.07, 6.45) is -4.42. The smallest absolute Gasteiger partial charge is 0.352 e. The standard InChI is InChI=1S/C11H5F3N2O4/c12-11(13,14)8-5-15-20-10(8)9(17)6-2-1-3-7(4-6)16(18)19/h1-5H. The van der Waals surface area contributed by atoms with Crippen LogP contribution in [-0.2, 0) is 6.18 Å². The summed E-state index contributed by atoms with van der Waals surface area (Å²) in [5, 5.41) is 13.5. The van der Waals surface area contributed by atoms with E-state index in [0.717, 1.165) is 18.2 Å². The Balaban J connectivity index is 2.45. The molecule has 6 nitrogen and oxygen atoms in total. The lowest BCUT2D eigenvalue weighted by Crippen LogP contribution is -2.11. The Bertz CT molecular complexity index is 678. The second-order valence-electron chi connectivity index (χ2n) is 3.70. The van der Waals surface area contributed by atoms with Crippen LogP contribution in [0.15, 0.2) is 35.0 Å².